The maximum absolute atomic E-state index is 5.92. The summed E-state index contributed by atoms with van der Waals surface area (Å²) >= 11 is 0. The SMILES string of the molecule is CCc1cc(Cc2c(C)ccnc2N)n(C)n1. The van der Waals surface area contributed by atoms with Crippen molar-refractivity contribution in [1.82, 2.24) is 14.8 Å². The fourth-order valence-corrected chi connectivity index (χ4v) is 1.93. The minimum absolute atomic E-state index is 0.615. The highest BCUT2D eigenvalue weighted by Crippen LogP contribution is 2.18. The number of nitrogens with two attached hydrogens (primary N) is 1. The van der Waals surface area contributed by atoms with E-state index in [-0.39, 0.29) is 0 Å². The number of aromatic nitrogens is 3. The predicted molar refractivity (Wildman–Crippen MR) is 68.8 cm³/mol. The highest BCUT2D eigenvalue weighted by Gasteiger charge is 2.09. The summed E-state index contributed by atoms with van der Waals surface area (Å²) < 4.78 is 1.92. The van der Waals surface area contributed by atoms with Crippen LogP contribution in [0, 0.1) is 6.92 Å². The number of hydrogen-bond acceptors (Lipinski definition) is 3. The van der Waals surface area contributed by atoms with Gasteiger partial charge in [0.1, 0.15) is 5.82 Å². The Labute approximate surface area is 101 Å². The van der Waals surface area contributed by atoms with Crippen LogP contribution >= 0.6 is 0 Å². The van der Waals surface area contributed by atoms with Crippen LogP contribution in [0.2, 0.25) is 0 Å². The molecule has 0 saturated heterocycles. The molecule has 2 aromatic rings. The summed E-state index contributed by atoms with van der Waals surface area (Å²) in [4.78, 5) is 4.14. The molecule has 0 aromatic carbocycles. The molecule has 17 heavy (non-hydrogen) atoms. The zero-order valence-corrected chi connectivity index (χ0v) is 10.6. The zero-order valence-electron chi connectivity index (χ0n) is 10.6. The average molecular weight is 230 g/mol. The van der Waals surface area contributed by atoms with Gasteiger partial charge in [0.15, 0.2) is 0 Å². The van der Waals surface area contributed by atoms with E-state index in [1.165, 1.54) is 11.3 Å². The van der Waals surface area contributed by atoms with Crippen molar-refractivity contribution in [1.29, 1.82) is 0 Å². The van der Waals surface area contributed by atoms with Crippen LogP contribution in [-0.2, 0) is 19.9 Å². The molecule has 2 heterocycles. The number of pyridine rings is 1. The largest absolute Gasteiger partial charge is 0.383 e. The van der Waals surface area contributed by atoms with Crippen molar-refractivity contribution < 1.29 is 0 Å². The van der Waals surface area contributed by atoms with Gasteiger partial charge in [-0.1, -0.05) is 6.92 Å². The molecule has 0 amide bonds. The molecule has 0 aliphatic carbocycles. The molecule has 0 fully saturated rings. The third-order valence-electron chi connectivity index (χ3n) is 3.07. The molecule has 90 valence electrons. The molecule has 0 saturated carbocycles. The second kappa shape index (κ2) is 4.57. The third kappa shape index (κ3) is 2.30. The molecule has 0 atom stereocenters. The average Bonchev–Trinajstić information content (AvgIpc) is 2.65. The van der Waals surface area contributed by atoms with E-state index in [4.69, 9.17) is 5.73 Å². The van der Waals surface area contributed by atoms with Crippen molar-refractivity contribution in [2.45, 2.75) is 26.7 Å². The van der Waals surface area contributed by atoms with E-state index in [0.717, 1.165) is 24.1 Å². The summed E-state index contributed by atoms with van der Waals surface area (Å²) in [5, 5.41) is 4.44. The minimum atomic E-state index is 0.615. The Morgan fingerprint density at radius 1 is 1.41 bits per heavy atom. The number of nitrogen functional groups attached to an aromatic ring is 1. The van der Waals surface area contributed by atoms with Gasteiger partial charge in [0.25, 0.3) is 0 Å². The van der Waals surface area contributed by atoms with E-state index < -0.39 is 0 Å². The van der Waals surface area contributed by atoms with E-state index in [0.29, 0.717) is 5.82 Å². The van der Waals surface area contributed by atoms with Gasteiger partial charge in [-0.2, -0.15) is 5.10 Å². The summed E-state index contributed by atoms with van der Waals surface area (Å²) in [5.41, 5.74) is 10.5. The summed E-state index contributed by atoms with van der Waals surface area (Å²) in [6.45, 7) is 4.17. The Kier molecular flexibility index (Phi) is 3.13. The van der Waals surface area contributed by atoms with E-state index in [1.807, 2.05) is 17.8 Å². The van der Waals surface area contributed by atoms with Crippen molar-refractivity contribution in [3.05, 3.63) is 40.8 Å². The second-order valence-electron chi connectivity index (χ2n) is 4.27. The summed E-state index contributed by atoms with van der Waals surface area (Å²) in [6.07, 6.45) is 3.49. The Hall–Kier alpha value is -1.84. The smallest absolute Gasteiger partial charge is 0.127 e. The van der Waals surface area contributed by atoms with Gasteiger partial charge in [-0.3, -0.25) is 4.68 Å². The Morgan fingerprint density at radius 2 is 2.18 bits per heavy atom. The molecule has 0 spiro atoms. The van der Waals surface area contributed by atoms with Crippen molar-refractivity contribution in [3.8, 4) is 0 Å². The van der Waals surface area contributed by atoms with E-state index in [1.54, 1.807) is 6.20 Å². The van der Waals surface area contributed by atoms with Gasteiger partial charge >= 0.3 is 0 Å². The number of hydrogen-bond donors (Lipinski definition) is 1. The van der Waals surface area contributed by atoms with E-state index in [2.05, 4.69) is 30.0 Å². The molecule has 2 aromatic heterocycles. The normalized spacial score (nSPS) is 10.8. The van der Waals surface area contributed by atoms with Crippen LogP contribution < -0.4 is 5.73 Å². The highest BCUT2D eigenvalue weighted by atomic mass is 15.3. The molecule has 0 aliphatic heterocycles. The number of nitrogens with zero attached hydrogens (tertiary/aromatic N) is 3. The standard InChI is InChI=1S/C13H18N4/c1-4-10-7-11(17(3)16-10)8-12-9(2)5-6-15-13(12)14/h5-7H,4,8H2,1-3H3,(H2,14,15). The van der Waals surface area contributed by atoms with Gasteiger partial charge in [0, 0.05) is 30.9 Å². The Bertz CT molecular complexity index is 508. The van der Waals surface area contributed by atoms with Crippen molar-refractivity contribution in [2.75, 3.05) is 5.73 Å². The fraction of sp³-hybridized carbons (Fsp3) is 0.385. The lowest BCUT2D eigenvalue weighted by Gasteiger charge is -2.08. The summed E-state index contributed by atoms with van der Waals surface area (Å²) in [6, 6.07) is 4.12. The quantitative estimate of drug-likeness (QED) is 0.875. The predicted octanol–water partition coefficient (Wildman–Crippen LogP) is 1.86. The molecular weight excluding hydrogens is 212 g/mol. The number of anilines is 1. The fourth-order valence-electron chi connectivity index (χ4n) is 1.93. The lowest BCUT2D eigenvalue weighted by molar-refractivity contribution is 0.709. The highest BCUT2D eigenvalue weighted by molar-refractivity contribution is 5.46. The lowest BCUT2D eigenvalue weighted by atomic mass is 10.1. The summed E-state index contributed by atoms with van der Waals surface area (Å²) in [5.74, 6) is 0.615. The van der Waals surface area contributed by atoms with Crippen LogP contribution in [0.1, 0.15) is 29.4 Å². The first-order valence-corrected chi connectivity index (χ1v) is 5.83. The first kappa shape index (κ1) is 11.6. The number of rotatable bonds is 3. The Balaban J connectivity index is 2.34. The maximum Gasteiger partial charge on any atom is 0.127 e. The van der Waals surface area contributed by atoms with Gasteiger partial charge < -0.3 is 5.73 Å². The lowest BCUT2D eigenvalue weighted by Crippen LogP contribution is -2.04. The maximum atomic E-state index is 5.92. The minimum Gasteiger partial charge on any atom is -0.383 e. The van der Waals surface area contributed by atoms with Crippen LogP contribution in [0.15, 0.2) is 18.3 Å². The number of aryl methyl sites for hydroxylation is 3. The molecule has 4 nitrogen and oxygen atoms in total. The van der Waals surface area contributed by atoms with Crippen LogP contribution in [0.3, 0.4) is 0 Å². The van der Waals surface area contributed by atoms with Crippen LogP contribution in [0.25, 0.3) is 0 Å². The zero-order chi connectivity index (χ0) is 12.4. The molecule has 0 bridgehead atoms. The van der Waals surface area contributed by atoms with Crippen LogP contribution in [-0.4, -0.2) is 14.8 Å². The van der Waals surface area contributed by atoms with E-state index in [9.17, 15) is 0 Å². The van der Waals surface area contributed by atoms with Gasteiger partial charge in [-0.05, 0) is 31.0 Å². The molecule has 4 heteroatoms. The van der Waals surface area contributed by atoms with Gasteiger partial charge in [0.05, 0.1) is 5.69 Å². The first-order chi connectivity index (χ1) is 8.11. The van der Waals surface area contributed by atoms with Gasteiger partial charge in [-0.15, -0.1) is 0 Å². The van der Waals surface area contributed by atoms with Crippen molar-refractivity contribution in [2.24, 2.45) is 7.05 Å². The molecule has 2 rings (SSSR count). The second-order valence-corrected chi connectivity index (χ2v) is 4.27. The monoisotopic (exact) mass is 230 g/mol. The Morgan fingerprint density at radius 3 is 2.76 bits per heavy atom. The molecule has 2 N–H and O–H groups in total. The summed E-state index contributed by atoms with van der Waals surface area (Å²) in [7, 11) is 1.97. The third-order valence-corrected chi connectivity index (χ3v) is 3.07. The molecule has 0 aliphatic rings. The molecule has 0 radical (unpaired) electrons. The van der Waals surface area contributed by atoms with Gasteiger partial charge in [-0.25, -0.2) is 4.98 Å². The van der Waals surface area contributed by atoms with E-state index >= 15 is 0 Å². The molecule has 0 unspecified atom stereocenters. The topological polar surface area (TPSA) is 56.7 Å². The van der Waals surface area contributed by atoms with Crippen molar-refractivity contribution in [3.63, 3.8) is 0 Å². The van der Waals surface area contributed by atoms with Crippen LogP contribution in [0.5, 0.6) is 0 Å². The van der Waals surface area contributed by atoms with Crippen molar-refractivity contribution >= 4 is 5.82 Å². The van der Waals surface area contributed by atoms with Gasteiger partial charge in [0.2, 0.25) is 0 Å². The first-order valence-electron chi connectivity index (χ1n) is 5.83. The van der Waals surface area contributed by atoms with Crippen LogP contribution in [0.4, 0.5) is 5.82 Å². The molecular formula is C13H18N4.